The van der Waals surface area contributed by atoms with Crippen molar-refractivity contribution < 1.29 is 0 Å². The molecular weight excluding hydrogens is 183 g/mol. The van der Waals surface area contributed by atoms with Crippen molar-refractivity contribution in [3.05, 3.63) is 24.3 Å². The molecule has 0 nitrogen and oxygen atoms in total. The second-order valence-corrected chi connectivity index (χ2v) is 10.8. The molecule has 0 N–H and O–H groups in total. The summed E-state index contributed by atoms with van der Waals surface area (Å²) in [7, 11) is -1.15. The minimum absolute atomic E-state index is 0.427. The lowest BCUT2D eigenvalue weighted by molar-refractivity contribution is 1.07. The molecule has 0 aliphatic heterocycles. The van der Waals surface area contributed by atoms with E-state index in [-0.39, 0.29) is 0 Å². The Morgan fingerprint density at radius 2 is 1.43 bits per heavy atom. The summed E-state index contributed by atoms with van der Waals surface area (Å²) in [6.45, 7) is 13.0. The van der Waals surface area contributed by atoms with Gasteiger partial charge in [0.25, 0.3) is 0 Å². The van der Waals surface area contributed by atoms with Crippen LogP contribution in [-0.4, -0.2) is 14.8 Å². The first-order valence-electron chi connectivity index (χ1n) is 5.85. The minimum Gasteiger partial charge on any atom is -0.0845 e. The SMILES string of the molecule is CCB(CC)C1([Si](C)(C)C)C=CC=C1. The van der Waals surface area contributed by atoms with Gasteiger partial charge < -0.3 is 0 Å². The number of rotatable bonds is 4. The van der Waals surface area contributed by atoms with Crippen LogP contribution in [0.4, 0.5) is 0 Å². The molecule has 2 heteroatoms. The monoisotopic (exact) mass is 206 g/mol. The highest BCUT2D eigenvalue weighted by atomic mass is 28.3. The summed E-state index contributed by atoms with van der Waals surface area (Å²) in [4.78, 5) is 0.427. The molecule has 1 aliphatic carbocycles. The van der Waals surface area contributed by atoms with Gasteiger partial charge in [0.15, 0.2) is 6.71 Å². The van der Waals surface area contributed by atoms with Gasteiger partial charge in [-0.1, -0.05) is 70.4 Å². The van der Waals surface area contributed by atoms with Gasteiger partial charge in [-0.05, 0) is 4.94 Å². The van der Waals surface area contributed by atoms with Crippen LogP contribution in [-0.2, 0) is 0 Å². The fraction of sp³-hybridized carbons (Fsp3) is 0.667. The molecule has 1 rings (SSSR count). The first-order chi connectivity index (χ1) is 6.48. The highest BCUT2D eigenvalue weighted by Crippen LogP contribution is 2.48. The van der Waals surface area contributed by atoms with Crippen molar-refractivity contribution in [3.8, 4) is 0 Å². The Kier molecular flexibility index (Phi) is 3.46. The molecule has 0 aromatic rings. The lowest BCUT2D eigenvalue weighted by Gasteiger charge is -2.42. The molecule has 0 spiro atoms. The van der Waals surface area contributed by atoms with Crippen LogP contribution in [0.2, 0.25) is 37.2 Å². The summed E-state index contributed by atoms with van der Waals surface area (Å²) < 4.78 is 0. The lowest BCUT2D eigenvalue weighted by Crippen LogP contribution is -2.46. The first kappa shape index (κ1) is 11.8. The fourth-order valence-corrected chi connectivity index (χ4v) is 5.66. The van der Waals surface area contributed by atoms with Crippen LogP contribution in [0.3, 0.4) is 0 Å². The van der Waals surface area contributed by atoms with Crippen molar-refractivity contribution in [2.24, 2.45) is 0 Å². The van der Waals surface area contributed by atoms with Gasteiger partial charge in [0, 0.05) is 0 Å². The van der Waals surface area contributed by atoms with E-state index in [2.05, 4.69) is 57.8 Å². The van der Waals surface area contributed by atoms with Crippen LogP contribution in [0.15, 0.2) is 24.3 Å². The van der Waals surface area contributed by atoms with Gasteiger partial charge in [0.05, 0.1) is 8.07 Å². The van der Waals surface area contributed by atoms with Crippen molar-refractivity contribution in [2.45, 2.75) is 51.1 Å². The van der Waals surface area contributed by atoms with E-state index in [0.29, 0.717) is 4.94 Å². The highest BCUT2D eigenvalue weighted by molar-refractivity contribution is 6.93. The summed E-state index contributed by atoms with van der Waals surface area (Å²) in [6, 6.07) is 0. The van der Waals surface area contributed by atoms with Crippen LogP contribution < -0.4 is 0 Å². The van der Waals surface area contributed by atoms with Gasteiger partial charge in [-0.2, -0.15) is 0 Å². The topological polar surface area (TPSA) is 0 Å². The molecule has 14 heavy (non-hydrogen) atoms. The summed E-state index contributed by atoms with van der Waals surface area (Å²) in [5.74, 6) is 0. The minimum atomic E-state index is -1.15. The van der Waals surface area contributed by atoms with Crippen molar-refractivity contribution >= 4 is 14.8 Å². The second kappa shape index (κ2) is 4.10. The summed E-state index contributed by atoms with van der Waals surface area (Å²) >= 11 is 0. The average molecular weight is 206 g/mol. The van der Waals surface area contributed by atoms with Crippen LogP contribution in [0.5, 0.6) is 0 Å². The van der Waals surface area contributed by atoms with Gasteiger partial charge in [-0.15, -0.1) is 0 Å². The smallest absolute Gasteiger partial charge is 0.0845 e. The predicted molar refractivity (Wildman–Crippen MR) is 71.0 cm³/mol. The molecule has 0 aromatic heterocycles. The van der Waals surface area contributed by atoms with Crippen molar-refractivity contribution in [1.29, 1.82) is 0 Å². The quantitative estimate of drug-likeness (QED) is 0.603. The molecule has 0 atom stereocenters. The Morgan fingerprint density at radius 3 is 1.71 bits per heavy atom. The lowest BCUT2D eigenvalue weighted by atomic mass is 9.37. The van der Waals surface area contributed by atoms with E-state index in [9.17, 15) is 0 Å². The van der Waals surface area contributed by atoms with Crippen molar-refractivity contribution in [1.82, 2.24) is 0 Å². The molecule has 0 aromatic carbocycles. The summed E-state index contributed by atoms with van der Waals surface area (Å²) in [5.41, 5.74) is 0. The molecule has 0 saturated heterocycles. The van der Waals surface area contributed by atoms with E-state index in [1.165, 1.54) is 12.6 Å². The van der Waals surface area contributed by atoms with Crippen molar-refractivity contribution in [3.63, 3.8) is 0 Å². The number of allylic oxidation sites excluding steroid dienone is 4. The highest BCUT2D eigenvalue weighted by Gasteiger charge is 2.46. The van der Waals surface area contributed by atoms with E-state index in [1.807, 2.05) is 0 Å². The van der Waals surface area contributed by atoms with Gasteiger partial charge >= 0.3 is 0 Å². The Labute approximate surface area is 90.6 Å². The third kappa shape index (κ3) is 1.77. The first-order valence-corrected chi connectivity index (χ1v) is 9.35. The maximum absolute atomic E-state index is 2.49. The van der Waals surface area contributed by atoms with E-state index < -0.39 is 8.07 Å². The van der Waals surface area contributed by atoms with E-state index in [4.69, 9.17) is 0 Å². The molecule has 0 heterocycles. The third-order valence-electron chi connectivity index (χ3n) is 3.82. The predicted octanol–water partition coefficient (Wildman–Crippen LogP) is 4.26. The molecule has 0 amide bonds. The molecule has 1 aliphatic rings. The molecule has 78 valence electrons. The second-order valence-electron chi connectivity index (χ2n) is 5.41. The largest absolute Gasteiger partial charge is 0.152 e. The molecule has 0 unspecified atom stereocenters. The van der Waals surface area contributed by atoms with Gasteiger partial charge in [0.1, 0.15) is 0 Å². The van der Waals surface area contributed by atoms with E-state index in [0.717, 1.165) is 6.71 Å². The van der Waals surface area contributed by atoms with Crippen molar-refractivity contribution in [2.75, 3.05) is 0 Å². The van der Waals surface area contributed by atoms with Crippen LogP contribution in [0.1, 0.15) is 13.8 Å². The zero-order valence-electron chi connectivity index (χ0n) is 10.3. The summed E-state index contributed by atoms with van der Waals surface area (Å²) in [6.07, 6.45) is 12.0. The van der Waals surface area contributed by atoms with Crippen LogP contribution >= 0.6 is 0 Å². The zero-order chi connectivity index (χ0) is 10.8. The fourth-order valence-electron chi connectivity index (χ4n) is 2.83. The van der Waals surface area contributed by atoms with Gasteiger partial charge in [-0.3, -0.25) is 0 Å². The molecule has 0 radical (unpaired) electrons. The van der Waals surface area contributed by atoms with Gasteiger partial charge in [0.2, 0.25) is 0 Å². The van der Waals surface area contributed by atoms with Gasteiger partial charge in [-0.25, -0.2) is 0 Å². The number of hydrogen-bond donors (Lipinski definition) is 0. The Balaban J connectivity index is 3.06. The Morgan fingerprint density at radius 1 is 1.00 bits per heavy atom. The average Bonchev–Trinajstić information content (AvgIpc) is 2.55. The maximum atomic E-state index is 2.49. The van der Waals surface area contributed by atoms with Crippen LogP contribution in [0.25, 0.3) is 0 Å². The summed E-state index contributed by atoms with van der Waals surface area (Å²) in [5, 5.41) is 0. The molecule has 0 bridgehead atoms. The third-order valence-corrected chi connectivity index (χ3v) is 7.15. The standard InChI is InChI=1S/C12H23BSi/c1-6-13(7-2)12(14(3,4)5)10-8-9-11-12/h8-11H,6-7H2,1-5H3. The number of hydrogen-bond acceptors (Lipinski definition) is 0. The Bertz CT molecular complexity index is 232. The zero-order valence-corrected chi connectivity index (χ0v) is 11.3. The molecular formula is C12H23BSi. The maximum Gasteiger partial charge on any atom is 0.152 e. The van der Waals surface area contributed by atoms with Crippen LogP contribution in [0, 0.1) is 0 Å². The Hall–Kier alpha value is -0.238. The van der Waals surface area contributed by atoms with E-state index in [1.54, 1.807) is 0 Å². The molecule has 0 saturated carbocycles. The normalized spacial score (nSPS) is 18.9. The van der Waals surface area contributed by atoms with E-state index >= 15 is 0 Å². The molecule has 0 fully saturated rings.